The summed E-state index contributed by atoms with van der Waals surface area (Å²) in [5.74, 6) is 0. The molecule has 1 heterocycles. The van der Waals surface area contributed by atoms with Crippen molar-refractivity contribution < 1.29 is 17.3 Å². The molecule has 5 heteroatoms. The Morgan fingerprint density at radius 3 is 2.73 bits per heavy atom. The fourth-order valence-electron chi connectivity index (χ4n) is 0.463. The minimum Gasteiger partial charge on any atom is -0.244 e. The fraction of sp³-hybridized carbons (Fsp3) is 0.167. The van der Waals surface area contributed by atoms with Gasteiger partial charge in [-0.2, -0.15) is 13.2 Å². The van der Waals surface area contributed by atoms with Gasteiger partial charge in [-0.1, -0.05) is 11.6 Å². The van der Waals surface area contributed by atoms with Crippen LogP contribution in [0.1, 0.15) is 9.68 Å². The van der Waals surface area contributed by atoms with Crippen LogP contribution in [-0.2, 0) is 6.18 Å². The van der Waals surface area contributed by atoms with Gasteiger partial charge in [0.25, 0.3) is 0 Å². The van der Waals surface area contributed by atoms with Crippen molar-refractivity contribution in [2.75, 3.05) is 0 Å². The molecule has 0 aliphatic carbocycles. The van der Waals surface area contributed by atoms with Crippen LogP contribution in [0.4, 0.5) is 13.2 Å². The van der Waals surface area contributed by atoms with E-state index in [0.29, 0.717) is 0 Å². The number of hydrogen-bond donors (Lipinski definition) is 0. The second kappa shape index (κ2) is 2.70. The van der Waals surface area contributed by atoms with Crippen LogP contribution in [0, 0.1) is 0 Å². The number of alkyl halides is 3. The summed E-state index contributed by atoms with van der Waals surface area (Å²) < 4.78 is 57.6. The van der Waals surface area contributed by atoms with Crippen LogP contribution >= 0.6 is 11.6 Å². The average Bonchev–Trinajstić information content (AvgIpc) is 1.97. The standard InChI is InChI=1S/C6H3ClF3N/c7-5-4(6(8,9)10)2-1-3-11-5/h1-3H/i1D,2D,3D. The highest BCUT2D eigenvalue weighted by Crippen LogP contribution is 2.32. The van der Waals surface area contributed by atoms with Crippen LogP contribution in [0.3, 0.4) is 0 Å². The molecule has 0 N–H and O–H groups in total. The molecule has 0 saturated heterocycles. The summed E-state index contributed by atoms with van der Waals surface area (Å²) in [5.41, 5.74) is -1.47. The minimum atomic E-state index is -4.83. The number of aromatic nitrogens is 1. The third-order valence-corrected chi connectivity index (χ3v) is 1.16. The second-order valence-electron chi connectivity index (χ2n) is 1.64. The first-order chi connectivity index (χ1) is 6.25. The van der Waals surface area contributed by atoms with Gasteiger partial charge in [0.15, 0.2) is 0 Å². The Morgan fingerprint density at radius 2 is 2.18 bits per heavy atom. The Kier molecular flexibility index (Phi) is 1.22. The zero-order valence-corrected chi connectivity index (χ0v) is 5.72. The zero-order chi connectivity index (χ0) is 11.1. The van der Waals surface area contributed by atoms with E-state index in [0.717, 1.165) is 0 Å². The molecule has 0 aliphatic heterocycles. The minimum absolute atomic E-state index is 0.743. The number of nitrogens with zero attached hydrogens (tertiary/aromatic N) is 1. The van der Waals surface area contributed by atoms with Crippen molar-refractivity contribution in [3.05, 3.63) is 29.0 Å². The Balaban J connectivity index is 3.53. The summed E-state index contributed by atoms with van der Waals surface area (Å²) in [6.45, 7) is 0. The lowest BCUT2D eigenvalue weighted by Gasteiger charge is -2.05. The lowest BCUT2D eigenvalue weighted by Crippen LogP contribution is -2.06. The molecule has 0 amide bonds. The van der Waals surface area contributed by atoms with Crippen LogP contribution in [0.15, 0.2) is 18.3 Å². The molecule has 0 bridgehead atoms. The lowest BCUT2D eigenvalue weighted by molar-refractivity contribution is -0.137. The molecule has 0 aliphatic rings. The van der Waals surface area contributed by atoms with Crippen LogP contribution in [0.25, 0.3) is 0 Å². The first-order valence-corrected chi connectivity index (χ1v) is 2.83. The predicted octanol–water partition coefficient (Wildman–Crippen LogP) is 2.75. The van der Waals surface area contributed by atoms with Crippen molar-refractivity contribution in [3.63, 3.8) is 0 Å². The highest BCUT2D eigenvalue weighted by atomic mass is 35.5. The van der Waals surface area contributed by atoms with Crippen molar-refractivity contribution in [3.8, 4) is 0 Å². The molecule has 0 aromatic carbocycles. The third kappa shape index (κ3) is 1.83. The highest BCUT2D eigenvalue weighted by molar-refractivity contribution is 6.30. The molecule has 11 heavy (non-hydrogen) atoms. The van der Waals surface area contributed by atoms with Crippen molar-refractivity contribution in [1.29, 1.82) is 0 Å². The largest absolute Gasteiger partial charge is 0.419 e. The Labute approximate surface area is 70.0 Å². The number of pyridine rings is 1. The predicted molar refractivity (Wildman–Crippen MR) is 34.2 cm³/mol. The summed E-state index contributed by atoms with van der Waals surface area (Å²) in [5, 5.41) is -0.969. The molecule has 0 saturated carbocycles. The normalized spacial score (nSPS) is 15.5. The second-order valence-corrected chi connectivity index (χ2v) is 2.00. The van der Waals surface area contributed by atoms with Gasteiger partial charge < -0.3 is 0 Å². The monoisotopic (exact) mass is 184 g/mol. The first-order valence-electron chi connectivity index (χ1n) is 3.95. The maximum atomic E-state index is 12.2. The Bertz CT molecular complexity index is 380. The van der Waals surface area contributed by atoms with Crippen LogP contribution in [0.5, 0.6) is 0 Å². The van der Waals surface area contributed by atoms with E-state index in [4.69, 9.17) is 15.7 Å². The molecule has 1 aromatic rings. The van der Waals surface area contributed by atoms with Crippen LogP contribution < -0.4 is 0 Å². The maximum Gasteiger partial charge on any atom is 0.419 e. The molecule has 0 fully saturated rings. The summed E-state index contributed by atoms with van der Waals surface area (Å²) in [7, 11) is 0. The van der Waals surface area contributed by atoms with Crippen LogP contribution in [-0.4, -0.2) is 4.98 Å². The van der Waals surface area contributed by atoms with Crippen molar-refractivity contribution in [2.24, 2.45) is 0 Å². The van der Waals surface area contributed by atoms with Gasteiger partial charge in [-0.3, -0.25) is 0 Å². The van der Waals surface area contributed by atoms with Gasteiger partial charge in [-0.25, -0.2) is 4.98 Å². The maximum absolute atomic E-state index is 12.2. The number of hydrogen-bond acceptors (Lipinski definition) is 1. The Hall–Kier alpha value is -0.770. The molecule has 1 aromatic heterocycles. The molecule has 1 rings (SSSR count). The molecule has 0 spiro atoms. The summed E-state index contributed by atoms with van der Waals surface area (Å²) in [6.07, 6.45) is -5.57. The molecule has 0 atom stereocenters. The highest BCUT2D eigenvalue weighted by Gasteiger charge is 2.33. The zero-order valence-electron chi connectivity index (χ0n) is 7.96. The van der Waals surface area contributed by atoms with E-state index >= 15 is 0 Å². The molecular formula is C6H3ClF3N. The van der Waals surface area contributed by atoms with Gasteiger partial charge in [0.05, 0.1) is 9.68 Å². The van der Waals surface area contributed by atoms with Gasteiger partial charge in [0.1, 0.15) is 5.15 Å². The van der Waals surface area contributed by atoms with Gasteiger partial charge in [0.2, 0.25) is 0 Å². The number of rotatable bonds is 0. The van der Waals surface area contributed by atoms with Crippen molar-refractivity contribution in [2.45, 2.75) is 6.18 Å². The summed E-state index contributed by atoms with van der Waals surface area (Å²) in [6, 6.07) is -2.01. The summed E-state index contributed by atoms with van der Waals surface area (Å²) in [4.78, 5) is 3.00. The van der Waals surface area contributed by atoms with Gasteiger partial charge in [-0.15, -0.1) is 0 Å². The fourth-order valence-corrected chi connectivity index (χ4v) is 0.659. The Morgan fingerprint density at radius 1 is 1.55 bits per heavy atom. The van der Waals surface area contributed by atoms with E-state index in [-0.39, 0.29) is 0 Å². The SMILES string of the molecule is [2H]c1nc(Cl)c(C(F)(F)F)c([2H])c1[2H]. The van der Waals surface area contributed by atoms with Crippen molar-refractivity contribution in [1.82, 2.24) is 4.98 Å². The van der Waals surface area contributed by atoms with E-state index in [1.165, 1.54) is 0 Å². The molecule has 0 unspecified atom stereocenters. The average molecular weight is 185 g/mol. The molecular weight excluding hydrogens is 179 g/mol. The summed E-state index contributed by atoms with van der Waals surface area (Å²) >= 11 is 5.14. The third-order valence-electron chi connectivity index (χ3n) is 0.887. The van der Waals surface area contributed by atoms with E-state index in [9.17, 15) is 13.2 Å². The van der Waals surface area contributed by atoms with Crippen molar-refractivity contribution >= 4 is 11.6 Å². The van der Waals surface area contributed by atoms with E-state index in [1.807, 2.05) is 0 Å². The van der Waals surface area contributed by atoms with Gasteiger partial charge >= 0.3 is 6.18 Å². The molecule has 1 nitrogen and oxygen atoms in total. The van der Waals surface area contributed by atoms with E-state index in [2.05, 4.69) is 4.98 Å². The quantitative estimate of drug-likeness (QED) is 0.565. The van der Waals surface area contributed by atoms with E-state index in [1.54, 1.807) is 0 Å². The van der Waals surface area contributed by atoms with E-state index < -0.39 is 35.2 Å². The van der Waals surface area contributed by atoms with Crippen LogP contribution in [0.2, 0.25) is 5.15 Å². The lowest BCUT2D eigenvalue weighted by atomic mass is 10.3. The first kappa shape index (κ1) is 4.98. The molecule has 60 valence electrons. The topological polar surface area (TPSA) is 12.9 Å². The van der Waals surface area contributed by atoms with Gasteiger partial charge in [0, 0.05) is 6.17 Å². The number of halogens is 4. The smallest absolute Gasteiger partial charge is 0.244 e. The molecule has 0 radical (unpaired) electrons. The van der Waals surface area contributed by atoms with Gasteiger partial charge in [-0.05, 0) is 12.1 Å².